The molecule has 2 aromatic rings. The molecule has 7 nitrogen and oxygen atoms in total. The molecule has 0 bridgehead atoms. The van der Waals surface area contributed by atoms with Crippen molar-refractivity contribution in [3.8, 4) is 11.5 Å². The Morgan fingerprint density at radius 2 is 2.39 bits per heavy atom. The number of carboxylic acid groups (broad SMARTS) is 1. The van der Waals surface area contributed by atoms with Gasteiger partial charge < -0.3 is 14.2 Å². The quantitative estimate of drug-likeness (QED) is 0.793. The summed E-state index contributed by atoms with van der Waals surface area (Å²) in [7, 11) is 0. The number of nitrogens with zero attached hydrogens (tertiary/aromatic N) is 4. The Hall–Kier alpha value is -1.83. The van der Waals surface area contributed by atoms with E-state index in [2.05, 4.69) is 15.4 Å². The number of hydrogen-bond acceptors (Lipinski definition) is 6. The molecule has 0 spiro atoms. The van der Waals surface area contributed by atoms with Crippen LogP contribution in [-0.4, -0.2) is 36.7 Å². The summed E-state index contributed by atoms with van der Waals surface area (Å²) in [5.74, 6) is -0.326. The van der Waals surface area contributed by atoms with Gasteiger partial charge in [0.05, 0.1) is 5.75 Å². The summed E-state index contributed by atoms with van der Waals surface area (Å²) in [6, 6.07) is 1.70. The van der Waals surface area contributed by atoms with Gasteiger partial charge in [0.25, 0.3) is 0 Å². The third-order valence-corrected chi connectivity index (χ3v) is 3.11. The Bertz CT molecular complexity index is 523. The zero-order chi connectivity index (χ0) is 13.0. The number of carbonyl (C=O) groups is 1. The molecule has 0 unspecified atom stereocenters. The van der Waals surface area contributed by atoms with Crippen LogP contribution in [0.4, 0.5) is 0 Å². The fourth-order valence-electron chi connectivity index (χ4n) is 1.46. The second kappa shape index (κ2) is 5.67. The molecule has 0 fully saturated rings. The average Bonchev–Trinajstić information content (AvgIpc) is 2.95. The Kier molecular flexibility index (Phi) is 3.98. The highest BCUT2D eigenvalue weighted by molar-refractivity contribution is 7.99. The monoisotopic (exact) mass is 268 g/mol. The Balaban J connectivity index is 2.28. The van der Waals surface area contributed by atoms with Crippen molar-refractivity contribution in [3.05, 3.63) is 12.3 Å². The first-order valence-corrected chi connectivity index (χ1v) is 6.39. The SMILES string of the molecule is CCCn1c(SCC(=O)O)nnc1-c1ccon1. The fraction of sp³-hybridized carbons (Fsp3) is 0.400. The van der Waals surface area contributed by atoms with E-state index in [-0.39, 0.29) is 5.75 Å². The molecule has 2 rings (SSSR count). The van der Waals surface area contributed by atoms with Crippen LogP contribution in [0.25, 0.3) is 11.5 Å². The van der Waals surface area contributed by atoms with Gasteiger partial charge in [-0.2, -0.15) is 0 Å². The zero-order valence-electron chi connectivity index (χ0n) is 9.74. The maximum absolute atomic E-state index is 10.6. The van der Waals surface area contributed by atoms with E-state index in [4.69, 9.17) is 9.63 Å². The van der Waals surface area contributed by atoms with Crippen molar-refractivity contribution in [2.75, 3.05) is 5.75 Å². The Morgan fingerprint density at radius 3 is 3.00 bits per heavy atom. The van der Waals surface area contributed by atoms with Gasteiger partial charge in [0, 0.05) is 12.6 Å². The predicted octanol–water partition coefficient (Wildman–Crippen LogP) is 1.52. The first-order valence-electron chi connectivity index (χ1n) is 5.41. The van der Waals surface area contributed by atoms with Crippen LogP contribution in [0.5, 0.6) is 0 Å². The summed E-state index contributed by atoms with van der Waals surface area (Å²) in [5, 5.41) is 21.1. The topological polar surface area (TPSA) is 94.0 Å². The molecule has 2 aromatic heterocycles. The van der Waals surface area contributed by atoms with Crippen molar-refractivity contribution in [2.24, 2.45) is 0 Å². The van der Waals surface area contributed by atoms with Crippen LogP contribution in [0, 0.1) is 0 Å². The smallest absolute Gasteiger partial charge is 0.313 e. The third-order valence-electron chi connectivity index (χ3n) is 2.16. The second-order valence-electron chi connectivity index (χ2n) is 3.52. The fourth-order valence-corrected chi connectivity index (χ4v) is 2.15. The molecule has 0 saturated heterocycles. The number of hydrogen-bond donors (Lipinski definition) is 1. The summed E-state index contributed by atoms with van der Waals surface area (Å²) in [6.07, 6.45) is 2.36. The van der Waals surface area contributed by atoms with Crippen molar-refractivity contribution < 1.29 is 14.4 Å². The molecule has 0 atom stereocenters. The van der Waals surface area contributed by atoms with Crippen molar-refractivity contribution >= 4 is 17.7 Å². The molecule has 18 heavy (non-hydrogen) atoms. The molecule has 2 heterocycles. The van der Waals surface area contributed by atoms with E-state index in [1.807, 2.05) is 11.5 Å². The van der Waals surface area contributed by atoms with Gasteiger partial charge in [0.1, 0.15) is 6.26 Å². The molecule has 0 amide bonds. The maximum atomic E-state index is 10.6. The van der Waals surface area contributed by atoms with Gasteiger partial charge in [-0.25, -0.2) is 0 Å². The van der Waals surface area contributed by atoms with E-state index in [0.717, 1.165) is 18.2 Å². The summed E-state index contributed by atoms with van der Waals surface area (Å²) >= 11 is 1.14. The van der Waals surface area contributed by atoms with Gasteiger partial charge in [-0.1, -0.05) is 23.8 Å². The molecule has 8 heteroatoms. The summed E-state index contributed by atoms with van der Waals surface area (Å²) < 4.78 is 6.63. The lowest BCUT2D eigenvalue weighted by atomic mass is 10.4. The van der Waals surface area contributed by atoms with Gasteiger partial charge in [-0.3, -0.25) is 4.79 Å². The lowest BCUT2D eigenvalue weighted by molar-refractivity contribution is -0.133. The van der Waals surface area contributed by atoms with Gasteiger partial charge in [0.15, 0.2) is 16.7 Å². The lowest BCUT2D eigenvalue weighted by Gasteiger charge is -2.05. The van der Waals surface area contributed by atoms with E-state index in [1.54, 1.807) is 6.07 Å². The number of aromatic nitrogens is 4. The minimum atomic E-state index is -0.881. The Labute approximate surface area is 107 Å². The van der Waals surface area contributed by atoms with Crippen LogP contribution in [0.3, 0.4) is 0 Å². The average molecular weight is 268 g/mol. The molecule has 0 aliphatic rings. The molecular weight excluding hydrogens is 256 g/mol. The number of carboxylic acids is 1. The van der Waals surface area contributed by atoms with Gasteiger partial charge in [0.2, 0.25) is 0 Å². The van der Waals surface area contributed by atoms with Crippen LogP contribution in [0.1, 0.15) is 13.3 Å². The normalized spacial score (nSPS) is 10.7. The van der Waals surface area contributed by atoms with E-state index in [1.165, 1.54) is 6.26 Å². The summed E-state index contributed by atoms with van der Waals surface area (Å²) in [6.45, 7) is 2.73. The summed E-state index contributed by atoms with van der Waals surface area (Å²) in [4.78, 5) is 10.6. The number of rotatable bonds is 6. The highest BCUT2D eigenvalue weighted by atomic mass is 32.2. The first kappa shape index (κ1) is 12.6. The molecule has 0 aromatic carbocycles. The first-order chi connectivity index (χ1) is 8.72. The maximum Gasteiger partial charge on any atom is 0.313 e. The standard InChI is InChI=1S/C10H12N4O3S/c1-2-4-14-9(7-3-5-17-13-7)11-12-10(14)18-6-8(15)16/h3,5H,2,4,6H2,1H3,(H,15,16). The molecule has 0 aliphatic carbocycles. The summed E-state index contributed by atoms with van der Waals surface area (Å²) in [5.41, 5.74) is 0.595. The second-order valence-corrected chi connectivity index (χ2v) is 4.47. The number of thioether (sulfide) groups is 1. The zero-order valence-corrected chi connectivity index (χ0v) is 10.6. The molecule has 0 saturated carbocycles. The van der Waals surface area contributed by atoms with Crippen molar-refractivity contribution in [2.45, 2.75) is 25.0 Å². The van der Waals surface area contributed by atoms with E-state index in [0.29, 0.717) is 23.2 Å². The van der Waals surface area contributed by atoms with Crippen molar-refractivity contribution in [1.82, 2.24) is 19.9 Å². The molecular formula is C10H12N4O3S. The highest BCUT2D eigenvalue weighted by Gasteiger charge is 2.16. The largest absolute Gasteiger partial charge is 0.481 e. The van der Waals surface area contributed by atoms with Gasteiger partial charge >= 0.3 is 5.97 Å². The third kappa shape index (κ3) is 2.70. The molecule has 1 N–H and O–H groups in total. The van der Waals surface area contributed by atoms with Crippen LogP contribution < -0.4 is 0 Å². The predicted molar refractivity (Wildman–Crippen MR) is 64.2 cm³/mol. The van der Waals surface area contributed by atoms with E-state index < -0.39 is 5.97 Å². The van der Waals surface area contributed by atoms with E-state index >= 15 is 0 Å². The molecule has 96 valence electrons. The Morgan fingerprint density at radius 1 is 1.56 bits per heavy atom. The van der Waals surface area contributed by atoms with Crippen LogP contribution in [-0.2, 0) is 11.3 Å². The highest BCUT2D eigenvalue weighted by Crippen LogP contribution is 2.23. The van der Waals surface area contributed by atoms with Gasteiger partial charge in [-0.15, -0.1) is 10.2 Å². The number of aliphatic carboxylic acids is 1. The minimum absolute atomic E-state index is 0.0410. The van der Waals surface area contributed by atoms with Crippen LogP contribution in [0.2, 0.25) is 0 Å². The van der Waals surface area contributed by atoms with Crippen molar-refractivity contribution in [3.63, 3.8) is 0 Å². The van der Waals surface area contributed by atoms with Crippen LogP contribution in [0.15, 0.2) is 22.0 Å². The molecule has 0 aliphatic heterocycles. The van der Waals surface area contributed by atoms with Crippen molar-refractivity contribution in [1.29, 1.82) is 0 Å². The molecule has 0 radical (unpaired) electrons. The van der Waals surface area contributed by atoms with Gasteiger partial charge in [-0.05, 0) is 6.42 Å². The lowest BCUT2D eigenvalue weighted by Crippen LogP contribution is -2.04. The minimum Gasteiger partial charge on any atom is -0.481 e. The van der Waals surface area contributed by atoms with Crippen LogP contribution >= 0.6 is 11.8 Å². The van der Waals surface area contributed by atoms with E-state index in [9.17, 15) is 4.79 Å².